The summed E-state index contributed by atoms with van der Waals surface area (Å²) in [6.07, 6.45) is 5.43. The minimum atomic E-state index is -0.0281. The van der Waals surface area contributed by atoms with Crippen molar-refractivity contribution >= 4 is 27.8 Å². The number of hydrogen-bond acceptors (Lipinski definition) is 6. The first kappa shape index (κ1) is 34.8. The molecule has 2 saturated heterocycles. The summed E-state index contributed by atoms with van der Waals surface area (Å²) in [5, 5.41) is 13.3. The first-order valence-electron chi connectivity index (χ1n) is 18.1. The van der Waals surface area contributed by atoms with E-state index in [1.807, 2.05) is 0 Å². The van der Waals surface area contributed by atoms with Gasteiger partial charge in [-0.15, -0.1) is 0 Å². The zero-order chi connectivity index (χ0) is 34.4. The molecule has 49 heavy (non-hydrogen) atoms. The van der Waals surface area contributed by atoms with Crippen molar-refractivity contribution in [2.45, 2.75) is 77.9 Å². The van der Waals surface area contributed by atoms with Crippen LogP contribution in [0.4, 0.5) is 17.1 Å². The van der Waals surface area contributed by atoms with Crippen LogP contribution < -0.4 is 16.0 Å². The van der Waals surface area contributed by atoms with Gasteiger partial charge in [0.05, 0.1) is 19.3 Å². The van der Waals surface area contributed by atoms with Crippen LogP contribution in [0.3, 0.4) is 0 Å². The van der Waals surface area contributed by atoms with Gasteiger partial charge in [0.1, 0.15) is 5.82 Å². The Bertz CT molecular complexity index is 1760. The Morgan fingerprint density at radius 2 is 1.53 bits per heavy atom. The van der Waals surface area contributed by atoms with Crippen LogP contribution in [0.2, 0.25) is 0 Å². The maximum absolute atomic E-state index is 5.86. The third kappa shape index (κ3) is 8.74. The quantitative estimate of drug-likeness (QED) is 0.133. The van der Waals surface area contributed by atoms with Crippen LogP contribution in [0.25, 0.3) is 21.9 Å². The molecule has 2 fully saturated rings. The molecule has 6 rings (SSSR count). The van der Waals surface area contributed by atoms with Crippen LogP contribution >= 0.6 is 0 Å². The van der Waals surface area contributed by atoms with Crippen LogP contribution in [0.5, 0.6) is 0 Å². The molecule has 4 aromatic rings. The third-order valence-corrected chi connectivity index (χ3v) is 9.84. The zero-order valence-corrected chi connectivity index (χ0v) is 30.0. The predicted octanol–water partition coefficient (Wildman–Crippen LogP) is 10.1. The number of allylic oxidation sites excluding steroid dienone is 1. The molecule has 4 aromatic carbocycles. The maximum atomic E-state index is 5.86. The van der Waals surface area contributed by atoms with Gasteiger partial charge in [0.2, 0.25) is 0 Å². The second-order valence-electron chi connectivity index (χ2n) is 14.6. The monoisotopic (exact) mass is 658 g/mol. The predicted molar refractivity (Wildman–Crippen MR) is 207 cm³/mol. The average Bonchev–Trinajstić information content (AvgIpc) is 3.62. The molecule has 0 aromatic heterocycles. The fourth-order valence-electron chi connectivity index (χ4n) is 6.99. The highest BCUT2D eigenvalue weighted by Crippen LogP contribution is 2.37. The fourth-order valence-corrected chi connectivity index (χ4v) is 6.99. The lowest BCUT2D eigenvalue weighted by Gasteiger charge is -2.26. The molecule has 1 unspecified atom stereocenters. The molecular weight excluding hydrogens is 604 g/mol. The van der Waals surface area contributed by atoms with Gasteiger partial charge in [-0.05, 0) is 88.9 Å². The molecule has 258 valence electrons. The number of nitrogens with zero attached hydrogens (tertiary/aromatic N) is 1. The zero-order valence-electron chi connectivity index (χ0n) is 30.0. The Hall–Kier alpha value is -4.10. The molecule has 0 radical (unpaired) electrons. The molecule has 0 amide bonds. The van der Waals surface area contributed by atoms with Gasteiger partial charge >= 0.3 is 0 Å². The lowest BCUT2D eigenvalue weighted by atomic mass is 9.85. The summed E-state index contributed by atoms with van der Waals surface area (Å²) in [6, 6.07) is 26.6. The standard InChI is InChI=1S/C43H54N4O2/c1-7-36-41(44-30(2)14-19-35-11-10-24-49-35)27-34(43(4,5)6)28-42(36)46-31(3)45-40-21-20-37(38-12-8-9-13-39(38)40)33-17-15-32(16-18-33)29-47-22-25-48-26-23-47/h8-9,12-13,15-18,20-21,27-28,35,44-46H,2-3,7,10-11,14,19,22-26,29H2,1,4-6H3. The number of fused-ring (bicyclic) bond motifs is 1. The SMILES string of the molecule is C=C(CCC1CCCO1)Nc1cc(C(C)(C)C)cc(NC(=C)Nc2ccc(-c3ccc(CN4CCOCC4)cc3)c3ccccc23)c1CC. The van der Waals surface area contributed by atoms with Crippen molar-refractivity contribution in [1.82, 2.24) is 4.90 Å². The Morgan fingerprint density at radius 1 is 0.837 bits per heavy atom. The molecule has 2 aliphatic heterocycles. The summed E-state index contributed by atoms with van der Waals surface area (Å²) in [7, 11) is 0. The van der Waals surface area contributed by atoms with Gasteiger partial charge in [-0.25, -0.2) is 0 Å². The smallest absolute Gasteiger partial charge is 0.100 e. The highest BCUT2D eigenvalue weighted by atomic mass is 16.5. The summed E-state index contributed by atoms with van der Waals surface area (Å²) in [5.41, 5.74) is 10.4. The number of rotatable bonds is 13. The van der Waals surface area contributed by atoms with Gasteiger partial charge in [-0.3, -0.25) is 4.90 Å². The van der Waals surface area contributed by atoms with Gasteiger partial charge < -0.3 is 25.4 Å². The van der Waals surface area contributed by atoms with E-state index < -0.39 is 0 Å². The van der Waals surface area contributed by atoms with Gasteiger partial charge in [-0.1, -0.05) is 95.5 Å². The minimum Gasteiger partial charge on any atom is -0.379 e. The van der Waals surface area contributed by atoms with E-state index in [-0.39, 0.29) is 5.41 Å². The fraction of sp³-hybridized carbons (Fsp3) is 0.395. The van der Waals surface area contributed by atoms with E-state index in [2.05, 4.69) is 134 Å². The van der Waals surface area contributed by atoms with Crippen LogP contribution in [0.15, 0.2) is 97.5 Å². The minimum absolute atomic E-state index is 0.0281. The molecule has 0 bridgehead atoms. The summed E-state index contributed by atoms with van der Waals surface area (Å²) in [5.74, 6) is 0.731. The molecule has 0 spiro atoms. The molecule has 2 aliphatic rings. The maximum Gasteiger partial charge on any atom is 0.100 e. The van der Waals surface area contributed by atoms with Crippen LogP contribution in [0, 0.1) is 0 Å². The number of ether oxygens (including phenoxy) is 2. The van der Waals surface area contributed by atoms with Crippen LogP contribution in [-0.2, 0) is 27.9 Å². The molecule has 0 aliphatic carbocycles. The first-order chi connectivity index (χ1) is 23.7. The van der Waals surface area contributed by atoms with Crippen molar-refractivity contribution in [2.24, 2.45) is 0 Å². The first-order valence-corrected chi connectivity index (χ1v) is 18.1. The Balaban J connectivity index is 1.20. The average molecular weight is 659 g/mol. The second-order valence-corrected chi connectivity index (χ2v) is 14.6. The van der Waals surface area contributed by atoms with Crippen molar-refractivity contribution < 1.29 is 9.47 Å². The Kier molecular flexibility index (Phi) is 11.1. The van der Waals surface area contributed by atoms with Crippen molar-refractivity contribution in [3.8, 4) is 11.1 Å². The van der Waals surface area contributed by atoms with E-state index in [0.29, 0.717) is 6.10 Å². The van der Waals surface area contributed by atoms with E-state index in [9.17, 15) is 0 Å². The molecule has 1 atom stereocenters. The lowest BCUT2D eigenvalue weighted by molar-refractivity contribution is 0.0342. The summed E-state index contributed by atoms with van der Waals surface area (Å²) in [4.78, 5) is 2.46. The lowest BCUT2D eigenvalue weighted by Crippen LogP contribution is -2.35. The van der Waals surface area contributed by atoms with E-state index in [1.165, 1.54) is 33.2 Å². The van der Waals surface area contributed by atoms with Gasteiger partial charge in [0.25, 0.3) is 0 Å². The third-order valence-electron chi connectivity index (χ3n) is 9.84. The molecule has 3 N–H and O–H groups in total. The number of hydrogen-bond donors (Lipinski definition) is 3. The highest BCUT2D eigenvalue weighted by molar-refractivity contribution is 6.03. The molecule has 6 nitrogen and oxygen atoms in total. The van der Waals surface area contributed by atoms with E-state index in [1.54, 1.807) is 0 Å². The van der Waals surface area contributed by atoms with Gasteiger partial charge in [0, 0.05) is 54.4 Å². The number of nitrogens with one attached hydrogen (secondary N) is 3. The second kappa shape index (κ2) is 15.6. The van der Waals surface area contributed by atoms with Crippen molar-refractivity contribution in [3.63, 3.8) is 0 Å². The largest absolute Gasteiger partial charge is 0.379 e. The summed E-state index contributed by atoms with van der Waals surface area (Å²) < 4.78 is 11.4. The number of morpholine rings is 1. The number of anilines is 3. The normalized spacial score (nSPS) is 16.9. The van der Waals surface area contributed by atoms with Crippen molar-refractivity contribution in [3.05, 3.63) is 114 Å². The summed E-state index contributed by atoms with van der Waals surface area (Å²) >= 11 is 0. The van der Waals surface area contributed by atoms with Gasteiger partial charge in [-0.2, -0.15) is 0 Å². The van der Waals surface area contributed by atoms with Crippen molar-refractivity contribution in [2.75, 3.05) is 48.9 Å². The molecule has 0 saturated carbocycles. The van der Waals surface area contributed by atoms with Crippen molar-refractivity contribution in [1.29, 1.82) is 0 Å². The summed E-state index contributed by atoms with van der Waals surface area (Å²) in [6.45, 7) is 23.3. The number of benzene rings is 4. The molecular formula is C43H54N4O2. The van der Waals surface area contributed by atoms with Crippen LogP contribution in [0.1, 0.15) is 70.1 Å². The highest BCUT2D eigenvalue weighted by Gasteiger charge is 2.21. The molecule has 2 heterocycles. The van der Waals surface area contributed by atoms with E-state index >= 15 is 0 Å². The van der Waals surface area contributed by atoms with Gasteiger partial charge in [0.15, 0.2) is 0 Å². The Morgan fingerprint density at radius 3 is 2.20 bits per heavy atom. The molecule has 6 heteroatoms. The van der Waals surface area contributed by atoms with E-state index in [0.717, 1.165) is 106 Å². The topological polar surface area (TPSA) is 57.8 Å². The Labute approximate surface area is 293 Å². The van der Waals surface area contributed by atoms with Crippen LogP contribution in [-0.4, -0.2) is 43.9 Å². The van der Waals surface area contributed by atoms with E-state index in [4.69, 9.17) is 9.47 Å².